The fraction of sp³-hybridized carbons (Fsp3) is 0.312. The van der Waals surface area contributed by atoms with Gasteiger partial charge in [-0.1, -0.05) is 23.7 Å². The third-order valence-electron chi connectivity index (χ3n) is 3.11. The van der Waals surface area contributed by atoms with Gasteiger partial charge in [0, 0.05) is 43.7 Å². The smallest absolute Gasteiger partial charge is 0.0443 e. The summed E-state index contributed by atoms with van der Waals surface area (Å²) in [6.45, 7) is 2.78. The maximum absolute atomic E-state index is 9.03. The highest BCUT2D eigenvalue weighted by molar-refractivity contribution is 6.30. The summed E-state index contributed by atoms with van der Waals surface area (Å²) >= 11 is 5.91. The lowest BCUT2D eigenvalue weighted by atomic mass is 10.2. The van der Waals surface area contributed by atoms with Gasteiger partial charge < -0.3 is 5.11 Å². The second-order valence-corrected chi connectivity index (χ2v) is 5.21. The van der Waals surface area contributed by atoms with Crippen molar-refractivity contribution >= 4 is 11.6 Å². The molecule has 1 aromatic carbocycles. The van der Waals surface area contributed by atoms with Crippen LogP contribution in [0.3, 0.4) is 0 Å². The summed E-state index contributed by atoms with van der Waals surface area (Å²) in [6.07, 6.45) is 4.39. The molecular weight excluding hydrogens is 272 g/mol. The topological polar surface area (TPSA) is 36.4 Å². The third kappa shape index (κ3) is 4.93. The number of rotatable bonds is 7. The van der Waals surface area contributed by atoms with Crippen LogP contribution in [0, 0.1) is 0 Å². The van der Waals surface area contributed by atoms with Crippen molar-refractivity contribution in [2.45, 2.75) is 19.5 Å². The van der Waals surface area contributed by atoms with E-state index in [1.54, 1.807) is 0 Å². The van der Waals surface area contributed by atoms with Crippen LogP contribution in [0.4, 0.5) is 0 Å². The Kier molecular flexibility index (Phi) is 5.99. The number of benzene rings is 1. The first-order chi connectivity index (χ1) is 9.78. The second kappa shape index (κ2) is 8.00. The molecule has 106 valence electrons. The lowest BCUT2D eigenvalue weighted by Gasteiger charge is -2.22. The van der Waals surface area contributed by atoms with Crippen LogP contribution >= 0.6 is 11.6 Å². The summed E-state index contributed by atoms with van der Waals surface area (Å²) in [5.74, 6) is 0. The molecule has 0 unspecified atom stereocenters. The lowest BCUT2D eigenvalue weighted by molar-refractivity contribution is 0.212. The van der Waals surface area contributed by atoms with E-state index in [9.17, 15) is 0 Å². The van der Waals surface area contributed by atoms with Crippen LogP contribution in [-0.4, -0.2) is 28.1 Å². The van der Waals surface area contributed by atoms with E-state index in [1.165, 1.54) is 11.1 Å². The number of aromatic nitrogens is 1. The van der Waals surface area contributed by atoms with Crippen molar-refractivity contribution in [2.75, 3.05) is 13.2 Å². The quantitative estimate of drug-likeness (QED) is 0.851. The molecule has 1 heterocycles. The Hall–Kier alpha value is -1.42. The molecule has 4 heteroatoms. The highest BCUT2D eigenvalue weighted by Crippen LogP contribution is 2.13. The highest BCUT2D eigenvalue weighted by atomic mass is 35.5. The average molecular weight is 291 g/mol. The van der Waals surface area contributed by atoms with Crippen LogP contribution in [0.15, 0.2) is 48.8 Å². The van der Waals surface area contributed by atoms with Gasteiger partial charge in [-0.05, 0) is 41.8 Å². The summed E-state index contributed by atoms with van der Waals surface area (Å²) in [7, 11) is 0. The predicted molar refractivity (Wildman–Crippen MR) is 81.5 cm³/mol. The van der Waals surface area contributed by atoms with E-state index in [2.05, 4.69) is 9.88 Å². The molecule has 0 aliphatic carbocycles. The van der Waals surface area contributed by atoms with Crippen molar-refractivity contribution in [3.8, 4) is 0 Å². The number of aliphatic hydroxyl groups excluding tert-OH is 1. The molecule has 1 N–H and O–H groups in total. The van der Waals surface area contributed by atoms with Gasteiger partial charge in [0.25, 0.3) is 0 Å². The van der Waals surface area contributed by atoms with Crippen LogP contribution in [0.1, 0.15) is 17.5 Å². The van der Waals surface area contributed by atoms with E-state index in [-0.39, 0.29) is 6.61 Å². The second-order valence-electron chi connectivity index (χ2n) is 4.77. The molecule has 0 aliphatic heterocycles. The molecule has 0 fully saturated rings. The van der Waals surface area contributed by atoms with Crippen molar-refractivity contribution < 1.29 is 5.11 Å². The number of hydrogen-bond acceptors (Lipinski definition) is 3. The first-order valence-corrected chi connectivity index (χ1v) is 7.12. The molecule has 0 saturated carbocycles. The zero-order valence-electron chi connectivity index (χ0n) is 11.4. The fourth-order valence-electron chi connectivity index (χ4n) is 2.10. The van der Waals surface area contributed by atoms with Gasteiger partial charge in [-0.25, -0.2) is 0 Å². The Morgan fingerprint density at radius 2 is 1.55 bits per heavy atom. The molecular formula is C16H19ClN2O. The molecule has 1 aromatic heterocycles. The fourth-order valence-corrected chi connectivity index (χ4v) is 2.23. The van der Waals surface area contributed by atoms with Gasteiger partial charge >= 0.3 is 0 Å². The molecule has 3 nitrogen and oxygen atoms in total. The van der Waals surface area contributed by atoms with E-state index in [0.29, 0.717) is 0 Å². The van der Waals surface area contributed by atoms with E-state index in [1.807, 2.05) is 48.8 Å². The average Bonchev–Trinajstić information content (AvgIpc) is 2.48. The molecule has 0 bridgehead atoms. The number of hydrogen-bond donors (Lipinski definition) is 1. The molecule has 2 rings (SSSR count). The summed E-state index contributed by atoms with van der Waals surface area (Å²) in [6, 6.07) is 11.9. The molecule has 0 atom stereocenters. The Bertz CT molecular complexity index is 502. The Morgan fingerprint density at radius 3 is 2.15 bits per heavy atom. The largest absolute Gasteiger partial charge is 0.396 e. The zero-order valence-corrected chi connectivity index (χ0v) is 12.1. The molecule has 0 radical (unpaired) electrons. The van der Waals surface area contributed by atoms with E-state index >= 15 is 0 Å². The van der Waals surface area contributed by atoms with E-state index in [4.69, 9.17) is 16.7 Å². The van der Waals surface area contributed by atoms with Crippen LogP contribution in [0.25, 0.3) is 0 Å². The molecule has 0 spiro atoms. The van der Waals surface area contributed by atoms with Crippen molar-refractivity contribution in [2.24, 2.45) is 0 Å². The Balaban J connectivity index is 2.01. The minimum absolute atomic E-state index is 0.216. The van der Waals surface area contributed by atoms with Crippen LogP contribution in [0.2, 0.25) is 5.02 Å². The van der Waals surface area contributed by atoms with Crippen LogP contribution in [-0.2, 0) is 13.1 Å². The Morgan fingerprint density at radius 1 is 0.950 bits per heavy atom. The molecule has 0 saturated heterocycles. The van der Waals surface area contributed by atoms with Crippen LogP contribution < -0.4 is 0 Å². The summed E-state index contributed by atoms with van der Waals surface area (Å²) in [5, 5.41) is 9.78. The molecule has 0 aliphatic rings. The van der Waals surface area contributed by atoms with Gasteiger partial charge in [0.2, 0.25) is 0 Å². The normalized spacial score (nSPS) is 10.9. The summed E-state index contributed by atoms with van der Waals surface area (Å²) in [4.78, 5) is 6.35. The number of aliphatic hydroxyl groups is 1. The van der Waals surface area contributed by atoms with Crippen LogP contribution in [0.5, 0.6) is 0 Å². The zero-order chi connectivity index (χ0) is 14.2. The van der Waals surface area contributed by atoms with Gasteiger partial charge in [0.15, 0.2) is 0 Å². The van der Waals surface area contributed by atoms with Gasteiger partial charge in [0.1, 0.15) is 0 Å². The Labute approximate surface area is 124 Å². The van der Waals surface area contributed by atoms with Crippen molar-refractivity contribution in [3.05, 3.63) is 64.9 Å². The third-order valence-corrected chi connectivity index (χ3v) is 3.36. The van der Waals surface area contributed by atoms with Gasteiger partial charge in [-0.3, -0.25) is 9.88 Å². The summed E-state index contributed by atoms with van der Waals surface area (Å²) < 4.78 is 0. The van der Waals surface area contributed by atoms with Crippen molar-refractivity contribution in [1.29, 1.82) is 0 Å². The van der Waals surface area contributed by atoms with E-state index < -0.39 is 0 Å². The van der Waals surface area contributed by atoms with Gasteiger partial charge in [-0.2, -0.15) is 0 Å². The molecule has 0 amide bonds. The number of halogens is 1. The monoisotopic (exact) mass is 290 g/mol. The number of nitrogens with zero attached hydrogens (tertiary/aromatic N) is 2. The van der Waals surface area contributed by atoms with E-state index in [0.717, 1.165) is 31.1 Å². The first kappa shape index (κ1) is 15.0. The summed E-state index contributed by atoms with van der Waals surface area (Å²) in [5.41, 5.74) is 2.45. The molecule has 2 aromatic rings. The minimum atomic E-state index is 0.216. The molecule has 20 heavy (non-hydrogen) atoms. The standard InChI is InChI=1S/C16H19ClN2O/c17-16-4-2-14(3-5-16)12-19(10-1-11-20)13-15-6-8-18-9-7-15/h2-9,20H,1,10-13H2. The van der Waals surface area contributed by atoms with Crippen molar-refractivity contribution in [3.63, 3.8) is 0 Å². The maximum atomic E-state index is 9.03. The highest BCUT2D eigenvalue weighted by Gasteiger charge is 2.07. The first-order valence-electron chi connectivity index (χ1n) is 6.74. The maximum Gasteiger partial charge on any atom is 0.0443 e. The van der Waals surface area contributed by atoms with Gasteiger partial charge in [-0.15, -0.1) is 0 Å². The minimum Gasteiger partial charge on any atom is -0.396 e. The van der Waals surface area contributed by atoms with Gasteiger partial charge in [0.05, 0.1) is 0 Å². The SMILES string of the molecule is OCCCN(Cc1ccncc1)Cc1ccc(Cl)cc1. The lowest BCUT2D eigenvalue weighted by Crippen LogP contribution is -2.24. The van der Waals surface area contributed by atoms with Crippen molar-refractivity contribution in [1.82, 2.24) is 9.88 Å². The predicted octanol–water partition coefficient (Wildman–Crippen LogP) is 3.12. The number of pyridine rings is 1.